The molecule has 0 saturated carbocycles. The van der Waals surface area contributed by atoms with Gasteiger partial charge in [-0.1, -0.05) is 55.8 Å². The number of ether oxygens (including phenoxy) is 1. The fraction of sp³-hybridized carbons (Fsp3) is 0.444. The van der Waals surface area contributed by atoms with Gasteiger partial charge in [0.05, 0.1) is 11.1 Å². The maximum absolute atomic E-state index is 13.1. The summed E-state index contributed by atoms with van der Waals surface area (Å²) in [6, 6.07) is 12.8. The zero-order valence-corrected chi connectivity index (χ0v) is 21.8. The lowest BCUT2D eigenvalue weighted by Gasteiger charge is -2.21. The van der Waals surface area contributed by atoms with Crippen molar-refractivity contribution in [3.63, 3.8) is 0 Å². The first-order valence-corrected chi connectivity index (χ1v) is 12.7. The molecule has 0 bridgehead atoms. The molecule has 0 aromatic heterocycles. The average molecular weight is 517 g/mol. The van der Waals surface area contributed by atoms with E-state index in [1.807, 2.05) is 30.3 Å². The van der Waals surface area contributed by atoms with Gasteiger partial charge >= 0.3 is 0 Å². The first-order valence-electron chi connectivity index (χ1n) is 12.4. The van der Waals surface area contributed by atoms with Crippen LogP contribution in [0.2, 0.25) is 5.02 Å². The molecule has 0 aliphatic rings. The summed E-state index contributed by atoms with van der Waals surface area (Å²) in [5.41, 5.74) is 7.26. The van der Waals surface area contributed by atoms with Gasteiger partial charge in [0.1, 0.15) is 24.7 Å². The molecule has 4 N–H and O–H groups in total. The van der Waals surface area contributed by atoms with Crippen molar-refractivity contribution in [2.75, 3.05) is 31.6 Å². The molecule has 36 heavy (non-hydrogen) atoms. The van der Waals surface area contributed by atoms with Crippen LogP contribution in [-0.4, -0.2) is 61.3 Å². The summed E-state index contributed by atoms with van der Waals surface area (Å²) in [5.74, 6) is -0.419. The smallest absolute Gasteiger partial charge is 0.246 e. The predicted molar refractivity (Wildman–Crippen MR) is 143 cm³/mol. The zero-order valence-electron chi connectivity index (χ0n) is 21.0. The van der Waals surface area contributed by atoms with Crippen LogP contribution in [-0.2, 0) is 20.8 Å². The number of anilines is 1. The van der Waals surface area contributed by atoms with Crippen LogP contribution in [0.15, 0.2) is 48.5 Å². The SMILES string of the molecule is CCCN(CC)CCOc1ccc(NC(=O)C(CCc2ccccc2)NC(=O)C(N)CC=O)cc1Cl. The minimum Gasteiger partial charge on any atom is -0.491 e. The third-order valence-electron chi connectivity index (χ3n) is 5.74. The van der Waals surface area contributed by atoms with Crippen LogP contribution in [0.1, 0.15) is 38.7 Å². The topological polar surface area (TPSA) is 114 Å². The number of likely N-dealkylation sites (N-methyl/N-ethyl adjacent to an activating group) is 1. The van der Waals surface area contributed by atoms with Gasteiger partial charge in [0.2, 0.25) is 11.8 Å². The standard InChI is InChI=1S/C27H37ClN4O4/c1-3-15-32(4-2)16-18-36-25-13-11-21(19-22(25)28)30-27(35)24(31-26(34)23(29)14-17-33)12-10-20-8-6-5-7-9-20/h5-9,11,13,17,19,23-24H,3-4,10,12,14-16,18,29H2,1-2H3,(H,30,35)(H,31,34). The Kier molecular flexibility index (Phi) is 13.0. The molecule has 196 valence electrons. The van der Waals surface area contributed by atoms with Gasteiger partial charge in [-0.05, 0) is 56.1 Å². The molecule has 8 nitrogen and oxygen atoms in total. The van der Waals surface area contributed by atoms with E-state index >= 15 is 0 Å². The number of rotatable bonds is 16. The van der Waals surface area contributed by atoms with Crippen molar-refractivity contribution < 1.29 is 19.1 Å². The lowest BCUT2D eigenvalue weighted by Crippen LogP contribution is -2.50. The highest BCUT2D eigenvalue weighted by atomic mass is 35.5. The predicted octanol–water partition coefficient (Wildman–Crippen LogP) is 3.42. The van der Waals surface area contributed by atoms with Gasteiger partial charge in [-0.15, -0.1) is 0 Å². The fourth-order valence-corrected chi connectivity index (χ4v) is 3.90. The highest BCUT2D eigenvalue weighted by molar-refractivity contribution is 6.32. The summed E-state index contributed by atoms with van der Waals surface area (Å²) >= 11 is 6.40. The number of carbonyl (C=O) groups excluding carboxylic acids is 3. The quantitative estimate of drug-likeness (QED) is 0.295. The minimum atomic E-state index is -1.01. The molecule has 2 atom stereocenters. The van der Waals surface area contributed by atoms with Crippen molar-refractivity contribution >= 4 is 35.4 Å². The molecule has 0 aliphatic carbocycles. The summed E-state index contributed by atoms with van der Waals surface area (Å²) in [5, 5.41) is 5.86. The van der Waals surface area contributed by atoms with Gasteiger partial charge in [0.15, 0.2) is 0 Å². The van der Waals surface area contributed by atoms with E-state index in [-0.39, 0.29) is 6.42 Å². The van der Waals surface area contributed by atoms with E-state index in [1.165, 1.54) is 0 Å². The van der Waals surface area contributed by atoms with Gasteiger partial charge in [0.25, 0.3) is 0 Å². The molecule has 0 aliphatic heterocycles. The molecule has 2 aromatic carbocycles. The molecule has 0 radical (unpaired) electrons. The number of aldehydes is 1. The Bertz CT molecular complexity index is 974. The molecule has 0 fully saturated rings. The number of carbonyl (C=O) groups is 3. The van der Waals surface area contributed by atoms with Crippen LogP contribution in [0, 0.1) is 0 Å². The van der Waals surface area contributed by atoms with Crippen molar-refractivity contribution in [3.05, 3.63) is 59.1 Å². The Morgan fingerprint density at radius 3 is 2.50 bits per heavy atom. The Balaban J connectivity index is 2.02. The van der Waals surface area contributed by atoms with Gasteiger partial charge in [0, 0.05) is 18.7 Å². The monoisotopic (exact) mass is 516 g/mol. The van der Waals surface area contributed by atoms with Crippen molar-refractivity contribution in [2.24, 2.45) is 5.73 Å². The molecular weight excluding hydrogens is 480 g/mol. The highest BCUT2D eigenvalue weighted by Gasteiger charge is 2.24. The van der Waals surface area contributed by atoms with E-state index in [9.17, 15) is 14.4 Å². The Labute approximate surface area is 218 Å². The van der Waals surface area contributed by atoms with Gasteiger partial charge in [-0.2, -0.15) is 0 Å². The molecule has 2 amide bonds. The number of hydrogen-bond acceptors (Lipinski definition) is 6. The Hall–Kier alpha value is -2.94. The summed E-state index contributed by atoms with van der Waals surface area (Å²) in [6.07, 6.45) is 2.47. The van der Waals surface area contributed by atoms with Gasteiger partial charge in [-0.3, -0.25) is 9.59 Å². The Morgan fingerprint density at radius 2 is 1.86 bits per heavy atom. The van der Waals surface area contributed by atoms with E-state index in [4.69, 9.17) is 22.1 Å². The summed E-state index contributed by atoms with van der Waals surface area (Å²) in [4.78, 5) is 38.5. The molecule has 0 heterocycles. The van der Waals surface area contributed by atoms with Gasteiger partial charge < -0.3 is 30.8 Å². The van der Waals surface area contributed by atoms with Crippen LogP contribution in [0.25, 0.3) is 0 Å². The first-order chi connectivity index (χ1) is 17.4. The molecule has 2 rings (SSSR count). The molecule has 9 heteroatoms. The van der Waals surface area contributed by atoms with E-state index in [0.717, 1.165) is 31.6 Å². The van der Waals surface area contributed by atoms with Gasteiger partial charge in [-0.25, -0.2) is 0 Å². The van der Waals surface area contributed by atoms with E-state index in [0.29, 0.717) is 42.2 Å². The fourth-order valence-electron chi connectivity index (χ4n) is 3.67. The summed E-state index contributed by atoms with van der Waals surface area (Å²) in [7, 11) is 0. The molecule has 0 saturated heterocycles. The van der Waals surface area contributed by atoms with Crippen molar-refractivity contribution in [2.45, 2.75) is 51.6 Å². The summed E-state index contributed by atoms with van der Waals surface area (Å²) < 4.78 is 5.83. The third kappa shape index (κ3) is 9.97. The second-order valence-corrected chi connectivity index (χ2v) is 8.92. The van der Waals surface area contributed by atoms with Crippen LogP contribution < -0.4 is 21.1 Å². The van der Waals surface area contributed by atoms with Crippen molar-refractivity contribution in [3.8, 4) is 5.75 Å². The molecular formula is C27H37ClN4O4. The number of nitrogens with two attached hydrogens (primary N) is 1. The maximum atomic E-state index is 13.1. The Morgan fingerprint density at radius 1 is 1.11 bits per heavy atom. The number of nitrogens with zero attached hydrogens (tertiary/aromatic N) is 1. The number of hydrogen-bond donors (Lipinski definition) is 3. The molecule has 2 unspecified atom stereocenters. The van der Waals surface area contributed by atoms with Crippen molar-refractivity contribution in [1.82, 2.24) is 10.2 Å². The number of amides is 2. The van der Waals surface area contributed by atoms with Crippen molar-refractivity contribution in [1.29, 1.82) is 0 Å². The largest absolute Gasteiger partial charge is 0.491 e. The summed E-state index contributed by atoms with van der Waals surface area (Å²) in [6.45, 7) is 7.54. The zero-order chi connectivity index (χ0) is 26.3. The second-order valence-electron chi connectivity index (χ2n) is 8.51. The first kappa shape index (κ1) is 29.3. The van der Waals surface area contributed by atoms with E-state index in [1.54, 1.807) is 18.2 Å². The average Bonchev–Trinajstić information content (AvgIpc) is 2.87. The van der Waals surface area contributed by atoms with E-state index in [2.05, 4.69) is 29.4 Å². The molecule has 2 aromatic rings. The third-order valence-corrected chi connectivity index (χ3v) is 6.03. The minimum absolute atomic E-state index is 0.121. The number of benzene rings is 2. The second kappa shape index (κ2) is 15.9. The van der Waals surface area contributed by atoms with Crippen LogP contribution in [0.3, 0.4) is 0 Å². The molecule has 0 spiro atoms. The number of nitrogens with one attached hydrogen (secondary N) is 2. The lowest BCUT2D eigenvalue weighted by molar-refractivity contribution is -0.128. The maximum Gasteiger partial charge on any atom is 0.246 e. The van der Waals surface area contributed by atoms with E-state index < -0.39 is 23.9 Å². The number of aryl methyl sites for hydroxylation is 1. The van der Waals surface area contributed by atoms with Crippen LogP contribution in [0.4, 0.5) is 5.69 Å². The van der Waals surface area contributed by atoms with Crippen LogP contribution in [0.5, 0.6) is 5.75 Å². The highest BCUT2D eigenvalue weighted by Crippen LogP contribution is 2.28. The van der Waals surface area contributed by atoms with Crippen LogP contribution >= 0.6 is 11.6 Å². The normalized spacial score (nSPS) is 12.6. The lowest BCUT2D eigenvalue weighted by atomic mass is 10.0. The number of halogens is 1.